The predicted molar refractivity (Wildman–Crippen MR) is 129 cm³/mol. The number of aliphatic hydroxyl groups excluding tert-OH is 2. The van der Waals surface area contributed by atoms with Crippen molar-refractivity contribution in [1.82, 2.24) is 4.98 Å². The van der Waals surface area contributed by atoms with Crippen LogP contribution in [0.15, 0.2) is 23.1 Å². The van der Waals surface area contributed by atoms with Crippen molar-refractivity contribution >= 4 is 29.2 Å². The second kappa shape index (κ2) is 12.0. The molecular weight excluding hydrogens is 442 g/mol. The minimum absolute atomic E-state index is 0.261. The summed E-state index contributed by atoms with van der Waals surface area (Å²) in [5.41, 5.74) is 0.407. The van der Waals surface area contributed by atoms with Gasteiger partial charge in [0.1, 0.15) is 11.9 Å². The molecule has 1 aromatic heterocycles. The molecule has 0 bridgehead atoms. The van der Waals surface area contributed by atoms with Crippen molar-refractivity contribution in [3.63, 3.8) is 0 Å². The third kappa shape index (κ3) is 7.57. The number of cyclic esters (lactones) is 1. The maximum atomic E-state index is 13.1. The molecule has 1 aromatic rings. The Morgan fingerprint density at radius 3 is 2.58 bits per heavy atom. The number of thiazole rings is 1. The van der Waals surface area contributed by atoms with E-state index in [-0.39, 0.29) is 18.1 Å². The van der Waals surface area contributed by atoms with Crippen molar-refractivity contribution in [2.24, 2.45) is 17.3 Å². The van der Waals surface area contributed by atoms with E-state index in [0.717, 1.165) is 16.3 Å². The Morgan fingerprint density at radius 2 is 1.94 bits per heavy atom. The number of aromatic nitrogens is 1. The number of aliphatic hydroxyl groups is 2. The summed E-state index contributed by atoms with van der Waals surface area (Å²) in [6.07, 6.45) is 3.05. The van der Waals surface area contributed by atoms with Crippen molar-refractivity contribution < 1.29 is 29.3 Å². The molecule has 8 heteroatoms. The number of carbonyl (C=O) groups is 2. The molecule has 184 valence electrons. The van der Waals surface area contributed by atoms with E-state index in [0.29, 0.717) is 19.6 Å². The summed E-state index contributed by atoms with van der Waals surface area (Å²) in [7, 11) is 0. The number of Topliss-reactive ketones (excluding diaryl/α,β-unsaturated/α-hetero) is 1. The number of rotatable bonds is 2. The summed E-state index contributed by atoms with van der Waals surface area (Å²) in [5.74, 6) is -1.87. The first-order chi connectivity index (χ1) is 15.4. The zero-order valence-electron chi connectivity index (χ0n) is 20.4. The molecule has 0 aliphatic carbocycles. The Balaban J connectivity index is 2.27. The number of hydrogen-bond donors (Lipinski definition) is 2. The third-order valence-corrected chi connectivity index (χ3v) is 7.03. The molecule has 0 radical (unpaired) electrons. The average Bonchev–Trinajstić information content (AvgIpc) is 3.16. The number of ketones is 1. The third-order valence-electron chi connectivity index (χ3n) is 6.24. The predicted octanol–water partition coefficient (Wildman–Crippen LogP) is 3.72. The van der Waals surface area contributed by atoms with E-state index in [1.807, 2.05) is 44.4 Å². The normalized spacial score (nSPS) is 30.8. The van der Waals surface area contributed by atoms with Gasteiger partial charge in [-0.2, -0.15) is 0 Å². The van der Waals surface area contributed by atoms with E-state index < -0.39 is 35.6 Å². The van der Waals surface area contributed by atoms with E-state index in [1.54, 1.807) is 32.1 Å². The van der Waals surface area contributed by atoms with Crippen LogP contribution in [0.4, 0.5) is 0 Å². The molecule has 0 fully saturated rings. The molecule has 1 aliphatic heterocycles. The highest BCUT2D eigenvalue weighted by molar-refractivity contribution is 7.09. The lowest BCUT2D eigenvalue weighted by molar-refractivity contribution is -0.154. The van der Waals surface area contributed by atoms with Gasteiger partial charge in [0.15, 0.2) is 0 Å². The Hall–Kier alpha value is -1.87. The van der Waals surface area contributed by atoms with E-state index in [2.05, 4.69) is 4.98 Å². The van der Waals surface area contributed by atoms with Crippen molar-refractivity contribution in [2.75, 3.05) is 13.2 Å². The summed E-state index contributed by atoms with van der Waals surface area (Å²) in [6, 6.07) is 0. The smallest absolute Gasteiger partial charge is 0.309 e. The molecule has 0 spiro atoms. The molecule has 0 aromatic carbocycles. The zero-order chi connectivity index (χ0) is 24.8. The number of ether oxygens (including phenoxy) is 2. The highest BCUT2D eigenvalue weighted by Gasteiger charge is 2.42. The van der Waals surface area contributed by atoms with Crippen LogP contribution in [0.3, 0.4) is 0 Å². The maximum Gasteiger partial charge on any atom is 0.309 e. The number of aryl methyl sites for hydroxylation is 1. The summed E-state index contributed by atoms with van der Waals surface area (Å²) in [6.45, 7) is 11.1. The van der Waals surface area contributed by atoms with Crippen LogP contribution in [-0.4, -0.2) is 58.5 Å². The lowest BCUT2D eigenvalue weighted by Gasteiger charge is -2.34. The van der Waals surface area contributed by atoms with E-state index >= 15 is 0 Å². The number of esters is 1. The Morgan fingerprint density at radius 1 is 1.24 bits per heavy atom. The average molecular weight is 480 g/mol. The standard InChI is InChI=1S/C25H37NO6S/c1-15(11-19-14-33-18(4)26-19)20-9-7-8-10-31-13-16(2)23(29)17(3)24(30)25(5,6)21(27)12-22(28)32-20/h7-8,11,14,16-17,20-21,23,27,29H,9-10,12-13H2,1-6H3/t16-,17+,20?,21+,23-/m1/s1. The van der Waals surface area contributed by atoms with Crippen LogP contribution >= 0.6 is 11.3 Å². The van der Waals surface area contributed by atoms with Gasteiger partial charge in [0.25, 0.3) is 0 Å². The minimum atomic E-state index is -1.24. The van der Waals surface area contributed by atoms with Gasteiger partial charge in [-0.3, -0.25) is 9.59 Å². The van der Waals surface area contributed by atoms with Gasteiger partial charge < -0.3 is 19.7 Å². The van der Waals surface area contributed by atoms with Crippen molar-refractivity contribution in [3.05, 3.63) is 33.8 Å². The summed E-state index contributed by atoms with van der Waals surface area (Å²) in [5, 5.41) is 24.3. The molecule has 2 heterocycles. The minimum Gasteiger partial charge on any atom is -0.457 e. The molecule has 1 aliphatic rings. The lowest BCUT2D eigenvalue weighted by atomic mass is 9.73. The molecule has 7 nitrogen and oxygen atoms in total. The monoisotopic (exact) mass is 479 g/mol. The highest BCUT2D eigenvalue weighted by atomic mass is 32.1. The van der Waals surface area contributed by atoms with Crippen molar-refractivity contribution in [1.29, 1.82) is 0 Å². The van der Waals surface area contributed by atoms with E-state index in [1.165, 1.54) is 0 Å². The van der Waals surface area contributed by atoms with Crippen molar-refractivity contribution in [3.8, 4) is 0 Å². The maximum absolute atomic E-state index is 13.1. The second-order valence-corrected chi connectivity index (χ2v) is 10.5. The van der Waals surface area contributed by atoms with Crippen LogP contribution in [0, 0.1) is 24.2 Å². The fourth-order valence-corrected chi connectivity index (χ4v) is 4.40. The number of hydrogen-bond acceptors (Lipinski definition) is 8. The van der Waals surface area contributed by atoms with Crippen LogP contribution < -0.4 is 0 Å². The van der Waals surface area contributed by atoms with Gasteiger partial charge in [-0.05, 0) is 25.5 Å². The van der Waals surface area contributed by atoms with Gasteiger partial charge in [0, 0.05) is 23.6 Å². The van der Waals surface area contributed by atoms with Gasteiger partial charge in [-0.25, -0.2) is 4.98 Å². The molecule has 0 saturated carbocycles. The first-order valence-corrected chi connectivity index (χ1v) is 12.2. The molecular formula is C25H37NO6S. The first-order valence-electron chi connectivity index (χ1n) is 11.4. The molecule has 1 unspecified atom stereocenters. The summed E-state index contributed by atoms with van der Waals surface area (Å²) < 4.78 is 11.4. The number of nitrogens with zero attached hydrogens (tertiary/aromatic N) is 1. The zero-order valence-corrected chi connectivity index (χ0v) is 21.2. The van der Waals surface area contributed by atoms with Gasteiger partial charge >= 0.3 is 5.97 Å². The van der Waals surface area contributed by atoms with Crippen LogP contribution in [-0.2, 0) is 19.1 Å². The molecule has 0 saturated heterocycles. The van der Waals surface area contributed by atoms with Crippen LogP contribution in [0.2, 0.25) is 0 Å². The van der Waals surface area contributed by atoms with Gasteiger partial charge in [-0.15, -0.1) is 11.3 Å². The quantitative estimate of drug-likeness (QED) is 0.492. The molecule has 0 amide bonds. The van der Waals surface area contributed by atoms with Crippen molar-refractivity contribution in [2.45, 2.75) is 72.7 Å². The fraction of sp³-hybridized carbons (Fsp3) is 0.640. The molecule has 5 atom stereocenters. The molecule has 2 N–H and O–H groups in total. The van der Waals surface area contributed by atoms with Crippen LogP contribution in [0.5, 0.6) is 0 Å². The topological polar surface area (TPSA) is 106 Å². The number of carbonyl (C=O) groups excluding carboxylic acids is 2. The molecule has 2 rings (SSSR count). The van der Waals surface area contributed by atoms with Crippen LogP contribution in [0.1, 0.15) is 58.2 Å². The SMILES string of the molecule is CC(=Cc1csc(C)n1)C1CC=CCOC[C@@H](C)[C@@H](O)[C@H](C)C(=O)C(C)(C)[C@@H](O)CC(=O)O1. The second-order valence-electron chi connectivity index (χ2n) is 9.47. The Kier molecular flexibility index (Phi) is 9.97. The van der Waals surface area contributed by atoms with E-state index in [4.69, 9.17) is 9.47 Å². The largest absolute Gasteiger partial charge is 0.457 e. The summed E-state index contributed by atoms with van der Waals surface area (Å²) >= 11 is 1.54. The summed E-state index contributed by atoms with van der Waals surface area (Å²) in [4.78, 5) is 30.2. The van der Waals surface area contributed by atoms with Gasteiger partial charge in [-0.1, -0.05) is 39.8 Å². The van der Waals surface area contributed by atoms with Gasteiger partial charge in [0.2, 0.25) is 0 Å². The van der Waals surface area contributed by atoms with E-state index in [9.17, 15) is 19.8 Å². The van der Waals surface area contributed by atoms with Crippen LogP contribution in [0.25, 0.3) is 6.08 Å². The first kappa shape index (κ1) is 27.4. The molecule has 33 heavy (non-hydrogen) atoms. The highest BCUT2D eigenvalue weighted by Crippen LogP contribution is 2.31. The van der Waals surface area contributed by atoms with Gasteiger partial charge in [0.05, 0.1) is 48.0 Å². The Bertz CT molecular complexity index is 874. The fourth-order valence-electron chi connectivity index (χ4n) is 3.83. The lowest BCUT2D eigenvalue weighted by Crippen LogP contribution is -2.46. The Labute approximate surface area is 200 Å².